The molecule has 2 aromatic carbocycles. The molecule has 12 nitrogen and oxygen atoms in total. The highest BCUT2D eigenvalue weighted by atomic mass is 32.2. The molecule has 2 aliphatic heterocycles. The number of benzene rings is 2. The molecule has 0 radical (unpaired) electrons. The summed E-state index contributed by atoms with van der Waals surface area (Å²) in [7, 11) is 1.72. The van der Waals surface area contributed by atoms with Crippen LogP contribution < -0.4 is 11.1 Å². The largest absolute Gasteiger partial charge is 0.452 e. The van der Waals surface area contributed by atoms with Gasteiger partial charge >= 0.3 is 5.97 Å². The van der Waals surface area contributed by atoms with Crippen molar-refractivity contribution in [2.75, 3.05) is 23.8 Å². The Morgan fingerprint density at radius 2 is 1.89 bits per heavy atom. The van der Waals surface area contributed by atoms with Crippen LogP contribution in [0, 0.1) is 5.41 Å². The first-order valence-electron chi connectivity index (χ1n) is 13.7. The number of β-lactam (4-membered cyclic amide) rings is 1. The zero-order chi connectivity index (χ0) is 31.6. The first-order chi connectivity index (χ1) is 21.8. The van der Waals surface area contributed by atoms with E-state index in [1.807, 2.05) is 60.7 Å². The molecule has 6 rings (SSSR count). The Morgan fingerprint density at radius 1 is 1.20 bits per heavy atom. The number of aryl methyl sites for hydroxylation is 1. The molecule has 0 bridgehead atoms. The quantitative estimate of drug-likeness (QED) is 0.0744. The highest BCUT2D eigenvalue weighted by molar-refractivity contribution is 8.00. The fourth-order valence-electron chi connectivity index (χ4n) is 5.13. The van der Waals surface area contributed by atoms with Crippen molar-refractivity contribution in [1.82, 2.24) is 35.4 Å². The van der Waals surface area contributed by atoms with Gasteiger partial charge in [0.2, 0.25) is 11.1 Å². The molecule has 2 aromatic heterocycles. The number of thiazole rings is 1. The molecule has 0 spiro atoms. The number of nitrogens with two attached hydrogens (primary N) is 1. The number of hydrogen-bond acceptors (Lipinski definition) is 13. The summed E-state index contributed by atoms with van der Waals surface area (Å²) in [4.78, 5) is 46.7. The molecule has 0 aliphatic carbocycles. The predicted molar refractivity (Wildman–Crippen MR) is 176 cm³/mol. The SMILES string of the molecule is Cn1nnnc1SCC1(C(=O)OC(c2ccccc2)c2ccccc2)CS[C@@H]2C(NC(=O)C(=CS)c3csc(N)n3)C(=O)N2C1. The molecule has 3 N–H and O–H groups in total. The number of thiol groups is 1. The maximum atomic E-state index is 14.3. The van der Waals surface area contributed by atoms with Gasteiger partial charge in [0, 0.05) is 30.5 Å². The number of ether oxygens (including phenoxy) is 1. The molecule has 3 atom stereocenters. The average Bonchev–Trinajstić information content (AvgIpc) is 3.69. The number of tetrazole rings is 1. The number of rotatable bonds is 10. The summed E-state index contributed by atoms with van der Waals surface area (Å²) >= 11 is 8.13. The molecule has 16 heteroatoms. The van der Waals surface area contributed by atoms with E-state index in [1.54, 1.807) is 17.3 Å². The molecule has 0 saturated carbocycles. The number of aromatic nitrogens is 5. The summed E-state index contributed by atoms with van der Waals surface area (Å²) in [5.41, 5.74) is 6.90. The monoisotopic (exact) mass is 680 g/mol. The fraction of sp³-hybridized carbons (Fsp3) is 0.276. The minimum absolute atomic E-state index is 0.112. The van der Waals surface area contributed by atoms with Gasteiger partial charge in [-0.1, -0.05) is 72.4 Å². The zero-order valence-corrected chi connectivity index (χ0v) is 27.2. The number of carbonyl (C=O) groups excluding carboxylic acids is 3. The van der Waals surface area contributed by atoms with Gasteiger partial charge in [-0.05, 0) is 27.0 Å². The number of nitrogens with one attached hydrogen (secondary N) is 1. The predicted octanol–water partition coefficient (Wildman–Crippen LogP) is 3.03. The van der Waals surface area contributed by atoms with Crippen LogP contribution in [0.15, 0.2) is 76.6 Å². The molecule has 2 fully saturated rings. The van der Waals surface area contributed by atoms with Crippen LogP contribution in [0.1, 0.15) is 22.9 Å². The second kappa shape index (κ2) is 13.2. The van der Waals surface area contributed by atoms with E-state index in [4.69, 9.17) is 10.5 Å². The van der Waals surface area contributed by atoms with E-state index in [9.17, 15) is 14.4 Å². The molecule has 2 saturated heterocycles. The molecule has 4 heterocycles. The second-order valence-corrected chi connectivity index (χ2v) is 13.7. The van der Waals surface area contributed by atoms with E-state index in [0.29, 0.717) is 21.7 Å². The number of esters is 1. The summed E-state index contributed by atoms with van der Waals surface area (Å²) in [6.45, 7) is 0.112. The number of carbonyl (C=O) groups is 3. The van der Waals surface area contributed by atoms with Gasteiger partial charge in [-0.3, -0.25) is 14.4 Å². The van der Waals surface area contributed by atoms with Crippen molar-refractivity contribution in [2.24, 2.45) is 12.5 Å². The Balaban J connectivity index is 1.23. The Bertz CT molecular complexity index is 1690. The Labute approximate surface area is 276 Å². The van der Waals surface area contributed by atoms with Gasteiger partial charge in [0.1, 0.15) is 16.8 Å². The molecule has 4 aromatic rings. The topological polar surface area (TPSA) is 158 Å². The third-order valence-electron chi connectivity index (χ3n) is 7.52. The molecule has 2 amide bonds. The van der Waals surface area contributed by atoms with Gasteiger partial charge in [-0.15, -0.1) is 28.2 Å². The maximum Gasteiger partial charge on any atom is 0.316 e. The summed E-state index contributed by atoms with van der Waals surface area (Å²) in [6.07, 6.45) is -0.647. The Hall–Kier alpha value is -3.86. The van der Waals surface area contributed by atoms with Crippen LogP contribution in [0.25, 0.3) is 5.57 Å². The van der Waals surface area contributed by atoms with Crippen molar-refractivity contribution in [1.29, 1.82) is 0 Å². The van der Waals surface area contributed by atoms with Crippen LogP contribution in [0.3, 0.4) is 0 Å². The summed E-state index contributed by atoms with van der Waals surface area (Å²) in [5.74, 6) is -0.588. The summed E-state index contributed by atoms with van der Waals surface area (Å²) < 4.78 is 7.86. The van der Waals surface area contributed by atoms with Crippen molar-refractivity contribution in [3.63, 3.8) is 0 Å². The van der Waals surface area contributed by atoms with Crippen LogP contribution in [0.5, 0.6) is 0 Å². The van der Waals surface area contributed by atoms with Gasteiger partial charge < -0.3 is 20.7 Å². The first kappa shape index (κ1) is 31.1. The lowest BCUT2D eigenvalue weighted by molar-refractivity contribution is -0.164. The van der Waals surface area contributed by atoms with Gasteiger partial charge in [0.15, 0.2) is 11.2 Å². The van der Waals surface area contributed by atoms with Gasteiger partial charge in [0.25, 0.3) is 5.91 Å². The summed E-state index contributed by atoms with van der Waals surface area (Å²) in [6, 6.07) is 18.3. The van der Waals surface area contributed by atoms with Gasteiger partial charge in [-0.25, -0.2) is 9.67 Å². The van der Waals surface area contributed by atoms with Crippen molar-refractivity contribution in [3.8, 4) is 0 Å². The Morgan fingerprint density at radius 3 is 2.47 bits per heavy atom. The van der Waals surface area contributed by atoms with Crippen LogP contribution in [0.2, 0.25) is 0 Å². The molecule has 2 unspecified atom stereocenters. The third-order valence-corrected chi connectivity index (χ3v) is 11.3. The zero-order valence-electron chi connectivity index (χ0n) is 23.8. The van der Waals surface area contributed by atoms with Crippen molar-refractivity contribution >= 4 is 76.0 Å². The molecule has 2 aliphatic rings. The van der Waals surface area contributed by atoms with Crippen molar-refractivity contribution in [2.45, 2.75) is 22.7 Å². The molecule has 232 valence electrons. The van der Waals surface area contributed by atoms with E-state index in [-0.39, 0.29) is 29.2 Å². The van der Waals surface area contributed by atoms with Crippen LogP contribution in [-0.2, 0) is 26.2 Å². The van der Waals surface area contributed by atoms with E-state index in [0.717, 1.165) is 11.1 Å². The third kappa shape index (κ3) is 6.32. The maximum absolute atomic E-state index is 14.3. The number of amides is 2. The van der Waals surface area contributed by atoms with E-state index < -0.39 is 29.4 Å². The normalized spacial score (nSPS) is 21.3. The molecular weight excluding hydrogens is 653 g/mol. The van der Waals surface area contributed by atoms with Crippen molar-refractivity contribution in [3.05, 3.63) is 88.3 Å². The highest BCUT2D eigenvalue weighted by Crippen LogP contribution is 2.46. The lowest BCUT2D eigenvalue weighted by atomic mass is 9.88. The highest BCUT2D eigenvalue weighted by Gasteiger charge is 2.58. The smallest absolute Gasteiger partial charge is 0.316 e. The minimum atomic E-state index is -1.08. The number of hydrogen-bond donors (Lipinski definition) is 3. The number of anilines is 1. The van der Waals surface area contributed by atoms with Crippen LogP contribution in [-0.4, -0.2) is 77.3 Å². The lowest BCUT2D eigenvalue weighted by Gasteiger charge is -2.54. The lowest BCUT2D eigenvalue weighted by Crippen LogP contribution is -2.74. The number of nitrogens with zero attached hydrogens (tertiary/aromatic N) is 6. The van der Waals surface area contributed by atoms with E-state index in [1.165, 1.54) is 45.0 Å². The molecule has 45 heavy (non-hydrogen) atoms. The average molecular weight is 681 g/mol. The summed E-state index contributed by atoms with van der Waals surface area (Å²) in [5, 5.41) is 18.0. The number of thioether (sulfide) groups is 2. The Kier molecular flexibility index (Phi) is 9.16. The van der Waals surface area contributed by atoms with Crippen LogP contribution in [0.4, 0.5) is 5.13 Å². The molecular formula is C29H28N8O4S4. The van der Waals surface area contributed by atoms with Gasteiger partial charge in [0.05, 0.1) is 11.3 Å². The first-order valence-corrected chi connectivity index (χ1v) is 17.2. The number of fused-ring (bicyclic) bond motifs is 1. The van der Waals surface area contributed by atoms with Crippen LogP contribution >= 0.6 is 47.5 Å². The fourth-order valence-corrected chi connectivity index (χ4v) is 8.64. The second-order valence-electron chi connectivity index (χ2n) is 10.5. The van der Waals surface area contributed by atoms with E-state index in [2.05, 4.69) is 38.5 Å². The standard InChI is InChI=1S/C29H28N8O4S4/c1-36-28(33-34-35-36)45-16-29(26(40)41-22(17-8-4-2-5-9-17)18-10-6-3-7-11-18)14-37-24(39)21(25(37)44-15-29)32-23(38)19(12-42)20-13-43-27(30)31-20/h2-13,21-22,25,42H,14-16H2,1H3,(H2,30,31)(H,32,38)/t21?,25-,29?/m1/s1. The van der Waals surface area contributed by atoms with Crippen molar-refractivity contribution < 1.29 is 19.1 Å². The number of nitrogen functional groups attached to an aromatic ring is 1. The van der Waals surface area contributed by atoms with E-state index >= 15 is 0 Å². The van der Waals surface area contributed by atoms with Gasteiger partial charge in [-0.2, -0.15) is 12.6 Å². The minimum Gasteiger partial charge on any atom is -0.452 e.